The highest BCUT2D eigenvalue weighted by Crippen LogP contribution is 2.23. The number of nitrogens with zero attached hydrogens (tertiary/aromatic N) is 3. The van der Waals surface area contributed by atoms with Crippen LogP contribution in [0.1, 0.15) is 30.2 Å². The minimum absolute atomic E-state index is 0.0533. The van der Waals surface area contributed by atoms with Gasteiger partial charge < -0.3 is 15.0 Å². The molecule has 5 nitrogen and oxygen atoms in total. The van der Waals surface area contributed by atoms with Gasteiger partial charge in [-0.2, -0.15) is 0 Å². The van der Waals surface area contributed by atoms with E-state index < -0.39 is 0 Å². The molecule has 0 saturated carbocycles. The molecule has 0 fully saturated rings. The highest BCUT2D eigenvalue weighted by Gasteiger charge is 2.09. The van der Waals surface area contributed by atoms with Crippen molar-refractivity contribution in [1.29, 1.82) is 0 Å². The first-order valence-corrected chi connectivity index (χ1v) is 5.91. The molecule has 2 rings (SSSR count). The lowest BCUT2D eigenvalue weighted by Gasteiger charge is -2.13. The summed E-state index contributed by atoms with van der Waals surface area (Å²) in [5.41, 5.74) is 6.90. The quantitative estimate of drug-likeness (QED) is 0.892. The first-order valence-electron chi connectivity index (χ1n) is 5.91. The van der Waals surface area contributed by atoms with Gasteiger partial charge in [0.2, 0.25) is 0 Å². The third kappa shape index (κ3) is 2.51. The van der Waals surface area contributed by atoms with E-state index in [1.165, 1.54) is 0 Å². The number of nitrogens with two attached hydrogens (primary N) is 1. The molecular weight excluding hydrogens is 228 g/mol. The van der Waals surface area contributed by atoms with Gasteiger partial charge in [0.25, 0.3) is 0 Å². The van der Waals surface area contributed by atoms with Crippen molar-refractivity contribution in [2.75, 3.05) is 0 Å². The zero-order valence-electron chi connectivity index (χ0n) is 10.9. The minimum atomic E-state index is -0.0533. The monoisotopic (exact) mass is 246 g/mol. The van der Waals surface area contributed by atoms with Gasteiger partial charge in [-0.25, -0.2) is 0 Å². The first kappa shape index (κ1) is 12.6. The molecule has 0 spiro atoms. The Labute approximate surface area is 107 Å². The maximum Gasteiger partial charge on any atom is 0.170 e. The van der Waals surface area contributed by atoms with Crippen LogP contribution in [0.25, 0.3) is 0 Å². The summed E-state index contributed by atoms with van der Waals surface area (Å²) in [6, 6.07) is 7.73. The minimum Gasteiger partial charge on any atom is -0.485 e. The Bertz CT molecular complexity index is 534. The molecule has 2 N–H and O–H groups in total. The van der Waals surface area contributed by atoms with Crippen molar-refractivity contribution >= 4 is 0 Å². The molecule has 1 unspecified atom stereocenters. The summed E-state index contributed by atoms with van der Waals surface area (Å²) in [5, 5.41) is 8.06. The maximum absolute atomic E-state index is 5.90. The number of rotatable bonds is 4. The van der Waals surface area contributed by atoms with E-state index in [4.69, 9.17) is 10.5 Å². The Kier molecular flexibility index (Phi) is 3.62. The van der Waals surface area contributed by atoms with Gasteiger partial charge in [-0.15, -0.1) is 10.2 Å². The van der Waals surface area contributed by atoms with E-state index in [1.807, 2.05) is 49.7 Å². The molecule has 5 heteroatoms. The molecule has 0 aliphatic carbocycles. The summed E-state index contributed by atoms with van der Waals surface area (Å²) in [5.74, 6) is 2.47. The van der Waals surface area contributed by atoms with Crippen molar-refractivity contribution in [2.24, 2.45) is 12.8 Å². The Hall–Kier alpha value is -1.88. The normalized spacial score (nSPS) is 12.4. The van der Waals surface area contributed by atoms with Crippen LogP contribution in [0.3, 0.4) is 0 Å². The first-order chi connectivity index (χ1) is 8.59. The second-order valence-electron chi connectivity index (χ2n) is 4.34. The van der Waals surface area contributed by atoms with Crippen LogP contribution in [0.5, 0.6) is 5.75 Å². The molecule has 0 radical (unpaired) electrons. The van der Waals surface area contributed by atoms with Crippen molar-refractivity contribution in [3.05, 3.63) is 41.5 Å². The standard InChI is InChI=1S/C13H18N4O/c1-9(14)11-6-4-5-7-12(11)18-8-13-16-15-10(2)17(13)3/h4-7,9H,8,14H2,1-3H3. The average Bonchev–Trinajstić information content (AvgIpc) is 2.68. The highest BCUT2D eigenvalue weighted by atomic mass is 16.5. The summed E-state index contributed by atoms with van der Waals surface area (Å²) in [6.45, 7) is 4.24. The van der Waals surface area contributed by atoms with Crippen LogP contribution < -0.4 is 10.5 Å². The fourth-order valence-corrected chi connectivity index (χ4v) is 1.71. The lowest BCUT2D eigenvalue weighted by atomic mass is 10.1. The second-order valence-corrected chi connectivity index (χ2v) is 4.34. The predicted molar refractivity (Wildman–Crippen MR) is 69.1 cm³/mol. The molecule has 2 aromatic rings. The van der Waals surface area contributed by atoms with Crippen molar-refractivity contribution in [1.82, 2.24) is 14.8 Å². The predicted octanol–water partition coefficient (Wildman–Crippen LogP) is 1.72. The molecule has 0 saturated heterocycles. The van der Waals surface area contributed by atoms with E-state index in [0.717, 1.165) is 23.0 Å². The number of para-hydroxylation sites is 1. The summed E-state index contributed by atoms with van der Waals surface area (Å²) in [4.78, 5) is 0. The van der Waals surface area contributed by atoms with Crippen LogP contribution in [-0.4, -0.2) is 14.8 Å². The average molecular weight is 246 g/mol. The Morgan fingerprint density at radius 1 is 1.33 bits per heavy atom. The summed E-state index contributed by atoms with van der Waals surface area (Å²) in [6.07, 6.45) is 0. The van der Waals surface area contributed by atoms with Gasteiger partial charge in [0.1, 0.15) is 18.2 Å². The molecule has 1 atom stereocenters. The van der Waals surface area contributed by atoms with E-state index in [9.17, 15) is 0 Å². The second kappa shape index (κ2) is 5.18. The van der Waals surface area contributed by atoms with Crippen molar-refractivity contribution in [2.45, 2.75) is 26.5 Å². The number of benzene rings is 1. The van der Waals surface area contributed by atoms with Gasteiger partial charge in [-0.1, -0.05) is 18.2 Å². The highest BCUT2D eigenvalue weighted by molar-refractivity contribution is 5.35. The van der Waals surface area contributed by atoms with E-state index >= 15 is 0 Å². The summed E-state index contributed by atoms with van der Waals surface area (Å²) in [7, 11) is 1.92. The van der Waals surface area contributed by atoms with Crippen LogP contribution >= 0.6 is 0 Å². The molecule has 0 aliphatic heterocycles. The molecule has 0 aliphatic rings. The third-order valence-corrected chi connectivity index (χ3v) is 2.95. The van der Waals surface area contributed by atoms with E-state index in [0.29, 0.717) is 6.61 Å². The van der Waals surface area contributed by atoms with Crippen LogP contribution in [0.4, 0.5) is 0 Å². The smallest absolute Gasteiger partial charge is 0.170 e. The molecule has 0 bridgehead atoms. The zero-order valence-corrected chi connectivity index (χ0v) is 10.9. The van der Waals surface area contributed by atoms with Crippen molar-refractivity contribution in [3.63, 3.8) is 0 Å². The van der Waals surface area contributed by atoms with Crippen molar-refractivity contribution in [3.8, 4) is 5.75 Å². The molecule has 1 aromatic carbocycles. The van der Waals surface area contributed by atoms with Gasteiger partial charge in [0.05, 0.1) is 0 Å². The van der Waals surface area contributed by atoms with Crippen molar-refractivity contribution < 1.29 is 4.74 Å². The fourth-order valence-electron chi connectivity index (χ4n) is 1.71. The largest absolute Gasteiger partial charge is 0.485 e. The van der Waals surface area contributed by atoms with Crippen LogP contribution in [0, 0.1) is 6.92 Å². The molecule has 1 heterocycles. The van der Waals surface area contributed by atoms with E-state index in [-0.39, 0.29) is 6.04 Å². The Morgan fingerprint density at radius 2 is 2.06 bits per heavy atom. The zero-order chi connectivity index (χ0) is 13.1. The van der Waals surface area contributed by atoms with Gasteiger partial charge >= 0.3 is 0 Å². The van der Waals surface area contributed by atoms with E-state index in [2.05, 4.69) is 10.2 Å². The Balaban J connectivity index is 2.13. The molecule has 0 amide bonds. The maximum atomic E-state index is 5.90. The van der Waals surface area contributed by atoms with Crippen LogP contribution in [0.2, 0.25) is 0 Å². The van der Waals surface area contributed by atoms with Gasteiger partial charge in [-0.05, 0) is 19.9 Å². The van der Waals surface area contributed by atoms with Gasteiger partial charge in [0.15, 0.2) is 5.82 Å². The van der Waals surface area contributed by atoms with E-state index in [1.54, 1.807) is 0 Å². The van der Waals surface area contributed by atoms with Crippen LogP contribution in [-0.2, 0) is 13.7 Å². The number of hydrogen-bond donors (Lipinski definition) is 1. The Morgan fingerprint density at radius 3 is 2.67 bits per heavy atom. The molecular formula is C13H18N4O. The lowest BCUT2D eigenvalue weighted by molar-refractivity contribution is 0.287. The number of aryl methyl sites for hydroxylation is 1. The number of aromatic nitrogens is 3. The molecule has 18 heavy (non-hydrogen) atoms. The van der Waals surface area contributed by atoms with Gasteiger partial charge in [-0.3, -0.25) is 0 Å². The number of ether oxygens (including phenoxy) is 1. The van der Waals surface area contributed by atoms with Gasteiger partial charge in [0, 0.05) is 18.7 Å². The topological polar surface area (TPSA) is 66.0 Å². The lowest BCUT2D eigenvalue weighted by Crippen LogP contribution is -2.09. The summed E-state index contributed by atoms with van der Waals surface area (Å²) >= 11 is 0. The summed E-state index contributed by atoms with van der Waals surface area (Å²) < 4.78 is 7.69. The third-order valence-electron chi connectivity index (χ3n) is 2.95. The molecule has 1 aromatic heterocycles. The fraction of sp³-hybridized carbons (Fsp3) is 0.385. The molecule has 96 valence electrons. The SMILES string of the molecule is Cc1nnc(COc2ccccc2C(C)N)n1C. The van der Waals surface area contributed by atoms with Crippen LogP contribution in [0.15, 0.2) is 24.3 Å². The number of hydrogen-bond acceptors (Lipinski definition) is 4.